The van der Waals surface area contributed by atoms with Crippen molar-refractivity contribution in [3.63, 3.8) is 0 Å². The second kappa shape index (κ2) is 9.57. The zero-order chi connectivity index (χ0) is 22.5. The number of rotatable bonds is 5. The summed E-state index contributed by atoms with van der Waals surface area (Å²) < 4.78 is 0. The molecule has 0 saturated heterocycles. The van der Waals surface area contributed by atoms with E-state index in [0.29, 0.717) is 29.6 Å². The van der Waals surface area contributed by atoms with Gasteiger partial charge in [-0.1, -0.05) is 36.7 Å². The summed E-state index contributed by atoms with van der Waals surface area (Å²) in [6, 6.07) is 9.44. The molecule has 3 N–H and O–H groups in total. The number of carbonyl (C=O) groups is 1. The van der Waals surface area contributed by atoms with Crippen LogP contribution in [0.15, 0.2) is 54.9 Å². The van der Waals surface area contributed by atoms with Crippen molar-refractivity contribution in [1.82, 2.24) is 10.3 Å². The third-order valence-corrected chi connectivity index (χ3v) is 5.20. The molecule has 1 aromatic carbocycles. The molecular formula is C23H25ClN6O. The van der Waals surface area contributed by atoms with Crippen LogP contribution in [0.5, 0.6) is 0 Å². The highest BCUT2D eigenvalue weighted by Gasteiger charge is 2.31. The number of halogens is 1. The van der Waals surface area contributed by atoms with E-state index in [-0.39, 0.29) is 11.8 Å². The molecular weight excluding hydrogens is 412 g/mol. The Morgan fingerprint density at radius 1 is 1.29 bits per heavy atom. The number of amides is 1. The van der Waals surface area contributed by atoms with Gasteiger partial charge in [0.1, 0.15) is 17.5 Å². The molecule has 160 valence electrons. The zero-order valence-electron chi connectivity index (χ0n) is 17.7. The number of amidine groups is 2. The second-order valence-electron chi connectivity index (χ2n) is 7.24. The van der Waals surface area contributed by atoms with Crippen molar-refractivity contribution in [3.05, 3.63) is 65.5 Å². The number of hydrogen-bond donors (Lipinski definition) is 3. The van der Waals surface area contributed by atoms with Gasteiger partial charge in [-0.3, -0.25) is 20.5 Å². The Hall–Kier alpha value is -3.45. The third kappa shape index (κ3) is 4.67. The van der Waals surface area contributed by atoms with Crippen LogP contribution in [0.4, 0.5) is 17.2 Å². The maximum atomic E-state index is 10.8. The van der Waals surface area contributed by atoms with Gasteiger partial charge in [-0.05, 0) is 49.2 Å². The Bertz CT molecular complexity index is 1060. The first-order valence-electron chi connectivity index (χ1n) is 9.87. The van der Waals surface area contributed by atoms with Crippen LogP contribution >= 0.6 is 11.6 Å². The first kappa shape index (κ1) is 22.2. The molecule has 2 heterocycles. The standard InChI is InChI=1S/C23H25ClN6O/c1-4-5-18(11-27-14-31)17-6-8-20-21(10-17)29(22-9-7-19(24)12-28-22)13-15(2)23(26)30(20)16(3)25/h4-12,14-15,25-26H,13H2,1-3H3,(H,27,31)/b5-4-,18-11+,25-16?,26-23?/t15-/m1/s1. The Morgan fingerprint density at radius 3 is 2.68 bits per heavy atom. The SMILES string of the molecule is C/C=C\C(=C/NC=O)c1ccc2c(c1)N(c1ccc(Cl)cn1)C[C@@H](C)C(=N)N2C(C)=N. The number of carbonyl (C=O) groups excluding carboxylic acids is 1. The molecule has 0 spiro atoms. The highest BCUT2D eigenvalue weighted by Crippen LogP contribution is 2.40. The summed E-state index contributed by atoms with van der Waals surface area (Å²) in [5, 5.41) is 20.1. The van der Waals surface area contributed by atoms with Crippen molar-refractivity contribution in [3.8, 4) is 0 Å². The Morgan fingerprint density at radius 2 is 2.06 bits per heavy atom. The molecule has 0 aliphatic carbocycles. The summed E-state index contributed by atoms with van der Waals surface area (Å²) in [5.74, 6) is 1.18. The lowest BCUT2D eigenvalue weighted by Gasteiger charge is -2.27. The molecule has 3 rings (SSSR count). The summed E-state index contributed by atoms with van der Waals surface area (Å²) in [5.41, 5.74) is 3.25. The van der Waals surface area contributed by atoms with E-state index in [1.165, 1.54) is 0 Å². The molecule has 1 aromatic heterocycles. The van der Waals surface area contributed by atoms with Crippen molar-refractivity contribution in [2.75, 3.05) is 16.3 Å². The van der Waals surface area contributed by atoms with Gasteiger partial charge in [-0.2, -0.15) is 0 Å². The molecule has 31 heavy (non-hydrogen) atoms. The molecule has 0 unspecified atom stereocenters. The van der Waals surface area contributed by atoms with Crippen LogP contribution in [-0.4, -0.2) is 29.6 Å². The lowest BCUT2D eigenvalue weighted by Crippen LogP contribution is -2.38. The minimum absolute atomic E-state index is 0.143. The first-order chi connectivity index (χ1) is 14.9. The van der Waals surface area contributed by atoms with Gasteiger partial charge in [0.15, 0.2) is 0 Å². The van der Waals surface area contributed by atoms with Crippen molar-refractivity contribution >= 4 is 52.4 Å². The minimum Gasteiger partial charge on any atom is -0.335 e. The predicted molar refractivity (Wildman–Crippen MR) is 127 cm³/mol. The van der Waals surface area contributed by atoms with Crippen molar-refractivity contribution in [1.29, 1.82) is 10.8 Å². The van der Waals surface area contributed by atoms with Crippen LogP contribution in [0.1, 0.15) is 26.3 Å². The Labute approximate surface area is 187 Å². The number of pyridine rings is 1. The van der Waals surface area contributed by atoms with Gasteiger partial charge in [0, 0.05) is 24.9 Å². The molecule has 1 atom stereocenters. The molecule has 1 aliphatic heterocycles. The molecule has 8 heteroatoms. The molecule has 0 fully saturated rings. The number of allylic oxidation sites excluding steroid dienone is 3. The average molecular weight is 437 g/mol. The largest absolute Gasteiger partial charge is 0.335 e. The monoisotopic (exact) mass is 436 g/mol. The molecule has 0 radical (unpaired) electrons. The topological polar surface area (TPSA) is 96.2 Å². The normalized spacial score (nSPS) is 16.8. The quantitative estimate of drug-likeness (QED) is 0.267. The van der Waals surface area contributed by atoms with Gasteiger partial charge < -0.3 is 10.2 Å². The summed E-state index contributed by atoms with van der Waals surface area (Å²) >= 11 is 6.05. The number of anilines is 3. The number of nitrogens with zero attached hydrogens (tertiary/aromatic N) is 3. The number of nitrogens with one attached hydrogen (secondary N) is 3. The molecule has 1 aliphatic rings. The van der Waals surface area contributed by atoms with E-state index in [1.807, 2.05) is 55.2 Å². The lowest BCUT2D eigenvalue weighted by atomic mass is 10.0. The summed E-state index contributed by atoms with van der Waals surface area (Å²) in [6.07, 6.45) is 7.67. The molecule has 0 saturated carbocycles. The number of aromatic nitrogens is 1. The molecule has 7 nitrogen and oxygen atoms in total. The zero-order valence-corrected chi connectivity index (χ0v) is 18.4. The number of fused-ring (bicyclic) bond motifs is 1. The second-order valence-corrected chi connectivity index (χ2v) is 7.68. The van der Waals surface area contributed by atoms with Crippen LogP contribution in [-0.2, 0) is 4.79 Å². The summed E-state index contributed by atoms with van der Waals surface area (Å²) in [4.78, 5) is 19.0. The molecule has 0 bridgehead atoms. The first-order valence-corrected chi connectivity index (χ1v) is 10.2. The van der Waals surface area contributed by atoms with Gasteiger partial charge in [0.2, 0.25) is 6.41 Å². The van der Waals surface area contributed by atoms with Gasteiger partial charge >= 0.3 is 0 Å². The van der Waals surface area contributed by atoms with Gasteiger partial charge in [-0.15, -0.1) is 0 Å². The fourth-order valence-electron chi connectivity index (χ4n) is 3.55. The Kier molecular flexibility index (Phi) is 6.87. The minimum atomic E-state index is -0.143. The fourth-order valence-corrected chi connectivity index (χ4v) is 3.67. The third-order valence-electron chi connectivity index (χ3n) is 4.98. The fraction of sp³-hybridized carbons (Fsp3) is 0.217. The van der Waals surface area contributed by atoms with Crippen molar-refractivity contribution < 1.29 is 4.79 Å². The number of benzene rings is 1. The Balaban J connectivity index is 2.25. The maximum Gasteiger partial charge on any atom is 0.211 e. The van der Waals surface area contributed by atoms with Gasteiger partial charge in [0.25, 0.3) is 0 Å². The predicted octanol–water partition coefficient (Wildman–Crippen LogP) is 4.97. The van der Waals surface area contributed by atoms with E-state index >= 15 is 0 Å². The van der Waals surface area contributed by atoms with Crippen LogP contribution in [0, 0.1) is 16.7 Å². The van der Waals surface area contributed by atoms with E-state index in [2.05, 4.69) is 10.3 Å². The lowest BCUT2D eigenvalue weighted by molar-refractivity contribution is -0.108. The van der Waals surface area contributed by atoms with E-state index in [4.69, 9.17) is 22.4 Å². The van der Waals surface area contributed by atoms with Crippen molar-refractivity contribution in [2.45, 2.75) is 20.8 Å². The van der Waals surface area contributed by atoms with Crippen LogP contribution < -0.4 is 15.1 Å². The average Bonchev–Trinajstić information content (AvgIpc) is 2.86. The maximum absolute atomic E-state index is 10.8. The highest BCUT2D eigenvalue weighted by molar-refractivity contribution is 6.30. The van der Waals surface area contributed by atoms with E-state index < -0.39 is 0 Å². The van der Waals surface area contributed by atoms with E-state index in [0.717, 1.165) is 22.5 Å². The van der Waals surface area contributed by atoms with E-state index in [9.17, 15) is 4.79 Å². The van der Waals surface area contributed by atoms with E-state index in [1.54, 1.807) is 30.3 Å². The smallest absolute Gasteiger partial charge is 0.211 e. The van der Waals surface area contributed by atoms with Crippen LogP contribution in [0.2, 0.25) is 5.02 Å². The summed E-state index contributed by atoms with van der Waals surface area (Å²) in [7, 11) is 0. The molecule has 2 aromatic rings. The highest BCUT2D eigenvalue weighted by atomic mass is 35.5. The van der Waals surface area contributed by atoms with Crippen molar-refractivity contribution in [2.24, 2.45) is 5.92 Å². The summed E-state index contributed by atoms with van der Waals surface area (Å²) in [6.45, 7) is 6.07. The van der Waals surface area contributed by atoms with Crippen LogP contribution in [0.3, 0.4) is 0 Å². The van der Waals surface area contributed by atoms with Gasteiger partial charge in [-0.25, -0.2) is 4.98 Å². The van der Waals surface area contributed by atoms with Crippen LogP contribution in [0.25, 0.3) is 5.57 Å². The van der Waals surface area contributed by atoms with Gasteiger partial charge in [0.05, 0.1) is 16.4 Å². The molecule has 1 amide bonds. The number of hydrogen-bond acceptors (Lipinski definition) is 5.